The third kappa shape index (κ3) is 2.84. The molecule has 0 bridgehead atoms. The van der Waals surface area contributed by atoms with Crippen LogP contribution in [-0.2, 0) is 19.6 Å². The molecule has 0 aromatic carbocycles. The summed E-state index contributed by atoms with van der Waals surface area (Å²) in [5.41, 5.74) is 0. The van der Waals surface area contributed by atoms with Crippen molar-refractivity contribution in [3.05, 3.63) is 0 Å². The summed E-state index contributed by atoms with van der Waals surface area (Å²) >= 11 is 0. The number of amides is 1. The molecule has 1 saturated carbocycles. The van der Waals surface area contributed by atoms with E-state index < -0.39 is 21.3 Å². The number of sulfonamides is 1. The van der Waals surface area contributed by atoms with Crippen molar-refractivity contribution in [3.63, 3.8) is 0 Å². The summed E-state index contributed by atoms with van der Waals surface area (Å²) in [6.07, 6.45) is 1.96. The molecule has 1 unspecified atom stereocenters. The van der Waals surface area contributed by atoms with E-state index in [1.54, 1.807) is 13.8 Å². The van der Waals surface area contributed by atoms with Crippen LogP contribution in [0.5, 0.6) is 0 Å². The van der Waals surface area contributed by atoms with Crippen molar-refractivity contribution in [2.75, 3.05) is 19.8 Å². The van der Waals surface area contributed by atoms with Gasteiger partial charge in [-0.3, -0.25) is 4.79 Å². The molecule has 2 aliphatic rings. The molecular weight excluding hydrogens is 256 g/mol. The van der Waals surface area contributed by atoms with Gasteiger partial charge in [0.25, 0.3) is 0 Å². The van der Waals surface area contributed by atoms with E-state index in [1.807, 2.05) is 0 Å². The number of nitrogens with zero attached hydrogens (tertiary/aromatic N) is 1. The van der Waals surface area contributed by atoms with Crippen LogP contribution in [0, 0.1) is 0 Å². The van der Waals surface area contributed by atoms with E-state index in [9.17, 15) is 13.2 Å². The number of ether oxygens (including phenoxy) is 1. The highest BCUT2D eigenvalue weighted by molar-refractivity contribution is 7.89. The van der Waals surface area contributed by atoms with Crippen molar-refractivity contribution in [2.24, 2.45) is 0 Å². The van der Waals surface area contributed by atoms with E-state index in [0.717, 1.165) is 12.8 Å². The number of morpholine rings is 1. The molecule has 104 valence electrons. The maximum atomic E-state index is 12.2. The highest BCUT2D eigenvalue weighted by Gasteiger charge is 2.40. The minimum atomic E-state index is -3.42. The standard InChI is InChI=1S/C11H20N2O4S/c1-8(2)18(15,16)13-5-6-17-7-10(13)11(14)12-9-3-4-9/h8-10H,3-7H2,1-2H3,(H,12,14). The van der Waals surface area contributed by atoms with E-state index >= 15 is 0 Å². The van der Waals surface area contributed by atoms with Crippen LogP contribution in [0.15, 0.2) is 0 Å². The van der Waals surface area contributed by atoms with Crippen molar-refractivity contribution in [2.45, 2.75) is 44.0 Å². The molecular formula is C11H20N2O4S. The van der Waals surface area contributed by atoms with E-state index in [0.29, 0.717) is 6.61 Å². The molecule has 1 aliphatic heterocycles. The second-order valence-corrected chi connectivity index (χ2v) is 7.52. The largest absolute Gasteiger partial charge is 0.378 e. The minimum absolute atomic E-state index is 0.143. The Balaban J connectivity index is 2.12. The summed E-state index contributed by atoms with van der Waals surface area (Å²) in [5, 5.41) is 2.32. The van der Waals surface area contributed by atoms with Crippen LogP contribution in [-0.4, -0.2) is 55.7 Å². The molecule has 6 nitrogen and oxygen atoms in total. The predicted molar refractivity (Wildman–Crippen MR) is 66.5 cm³/mol. The van der Waals surface area contributed by atoms with E-state index in [4.69, 9.17) is 4.74 Å². The lowest BCUT2D eigenvalue weighted by atomic mass is 10.2. The number of carbonyl (C=O) groups is 1. The number of carbonyl (C=O) groups excluding carboxylic acids is 1. The second kappa shape index (κ2) is 5.14. The Labute approximate surface area is 108 Å². The first-order valence-corrected chi connectivity index (χ1v) is 7.82. The molecule has 18 heavy (non-hydrogen) atoms. The fourth-order valence-electron chi connectivity index (χ4n) is 1.90. The molecule has 0 aromatic heterocycles. The van der Waals surface area contributed by atoms with Crippen molar-refractivity contribution in [1.82, 2.24) is 9.62 Å². The van der Waals surface area contributed by atoms with Gasteiger partial charge in [0.1, 0.15) is 6.04 Å². The van der Waals surface area contributed by atoms with Gasteiger partial charge in [-0.2, -0.15) is 4.31 Å². The van der Waals surface area contributed by atoms with Gasteiger partial charge in [-0.15, -0.1) is 0 Å². The quantitative estimate of drug-likeness (QED) is 0.765. The molecule has 1 heterocycles. The fourth-order valence-corrected chi connectivity index (χ4v) is 3.28. The van der Waals surface area contributed by atoms with Crippen LogP contribution in [0.1, 0.15) is 26.7 Å². The molecule has 1 N–H and O–H groups in total. The van der Waals surface area contributed by atoms with Crippen LogP contribution in [0.4, 0.5) is 0 Å². The first-order chi connectivity index (χ1) is 8.43. The molecule has 2 rings (SSSR count). The monoisotopic (exact) mass is 276 g/mol. The zero-order valence-corrected chi connectivity index (χ0v) is 11.6. The Kier molecular flexibility index (Phi) is 3.93. The van der Waals surface area contributed by atoms with Crippen LogP contribution in [0.25, 0.3) is 0 Å². The van der Waals surface area contributed by atoms with Gasteiger partial charge in [-0.1, -0.05) is 0 Å². The zero-order valence-electron chi connectivity index (χ0n) is 10.8. The Morgan fingerprint density at radius 3 is 2.61 bits per heavy atom. The molecule has 1 atom stereocenters. The maximum Gasteiger partial charge on any atom is 0.241 e. The van der Waals surface area contributed by atoms with Gasteiger partial charge in [0.2, 0.25) is 15.9 Å². The van der Waals surface area contributed by atoms with Gasteiger partial charge in [0.05, 0.1) is 18.5 Å². The van der Waals surface area contributed by atoms with E-state index in [-0.39, 0.29) is 25.1 Å². The lowest BCUT2D eigenvalue weighted by Gasteiger charge is -2.34. The van der Waals surface area contributed by atoms with Gasteiger partial charge in [-0.05, 0) is 26.7 Å². The lowest BCUT2D eigenvalue weighted by Crippen LogP contribution is -2.57. The third-order valence-electron chi connectivity index (χ3n) is 3.23. The first kappa shape index (κ1) is 13.8. The van der Waals surface area contributed by atoms with Crippen molar-refractivity contribution < 1.29 is 17.9 Å². The Morgan fingerprint density at radius 2 is 2.06 bits per heavy atom. The van der Waals surface area contributed by atoms with Crippen LogP contribution in [0.3, 0.4) is 0 Å². The minimum Gasteiger partial charge on any atom is -0.378 e. The Bertz CT molecular complexity index is 417. The van der Waals surface area contributed by atoms with Gasteiger partial charge >= 0.3 is 0 Å². The first-order valence-electron chi connectivity index (χ1n) is 6.31. The number of hydrogen-bond donors (Lipinski definition) is 1. The third-order valence-corrected chi connectivity index (χ3v) is 5.51. The smallest absolute Gasteiger partial charge is 0.241 e. The summed E-state index contributed by atoms with van der Waals surface area (Å²) in [6.45, 7) is 3.99. The average Bonchev–Trinajstić information content (AvgIpc) is 3.12. The van der Waals surface area contributed by atoms with Gasteiger partial charge in [0, 0.05) is 12.6 Å². The van der Waals surface area contributed by atoms with Crippen molar-refractivity contribution >= 4 is 15.9 Å². The average molecular weight is 276 g/mol. The topological polar surface area (TPSA) is 75.7 Å². The number of rotatable bonds is 4. The molecule has 0 spiro atoms. The van der Waals surface area contributed by atoms with E-state index in [2.05, 4.69) is 5.32 Å². The fraction of sp³-hybridized carbons (Fsp3) is 0.909. The molecule has 1 aliphatic carbocycles. The summed E-state index contributed by atoms with van der Waals surface area (Å²) < 4.78 is 30.9. The van der Waals surface area contributed by atoms with Crippen LogP contribution < -0.4 is 5.32 Å². The summed E-state index contributed by atoms with van der Waals surface area (Å²) in [4.78, 5) is 12.0. The molecule has 1 amide bonds. The predicted octanol–water partition coefficient (Wildman–Crippen LogP) is -0.296. The van der Waals surface area contributed by atoms with Gasteiger partial charge in [-0.25, -0.2) is 8.42 Å². The van der Waals surface area contributed by atoms with Gasteiger partial charge < -0.3 is 10.1 Å². The molecule has 2 fully saturated rings. The van der Waals surface area contributed by atoms with Gasteiger partial charge in [0.15, 0.2) is 0 Å². The SMILES string of the molecule is CC(C)S(=O)(=O)N1CCOCC1C(=O)NC1CC1. The van der Waals surface area contributed by atoms with Crippen molar-refractivity contribution in [1.29, 1.82) is 0 Å². The summed E-state index contributed by atoms with van der Waals surface area (Å²) in [7, 11) is -3.42. The highest BCUT2D eigenvalue weighted by Crippen LogP contribution is 2.21. The molecule has 0 radical (unpaired) electrons. The Morgan fingerprint density at radius 1 is 1.39 bits per heavy atom. The number of nitrogens with one attached hydrogen (secondary N) is 1. The Hall–Kier alpha value is -0.660. The molecule has 1 saturated heterocycles. The van der Waals surface area contributed by atoms with E-state index in [1.165, 1.54) is 4.31 Å². The van der Waals surface area contributed by atoms with Crippen LogP contribution >= 0.6 is 0 Å². The lowest BCUT2D eigenvalue weighted by molar-refractivity contribution is -0.129. The molecule has 7 heteroatoms. The maximum absolute atomic E-state index is 12.2. The van der Waals surface area contributed by atoms with Crippen molar-refractivity contribution in [3.8, 4) is 0 Å². The summed E-state index contributed by atoms with van der Waals surface area (Å²) in [6, 6.07) is -0.491. The molecule has 0 aromatic rings. The zero-order chi connectivity index (χ0) is 13.3. The normalized spacial score (nSPS) is 26.3. The number of hydrogen-bond acceptors (Lipinski definition) is 4. The second-order valence-electron chi connectivity index (χ2n) is 5.08. The van der Waals surface area contributed by atoms with Crippen LogP contribution in [0.2, 0.25) is 0 Å². The highest BCUT2D eigenvalue weighted by atomic mass is 32.2. The summed E-state index contributed by atoms with van der Waals surface area (Å²) in [5.74, 6) is -0.235.